The molecule has 1 atom stereocenters. The van der Waals surface area contributed by atoms with Crippen LogP contribution in [0.25, 0.3) is 0 Å². The molecule has 0 aliphatic heterocycles. The molecule has 100 valence electrons. The van der Waals surface area contributed by atoms with E-state index in [2.05, 4.69) is 0 Å². The highest BCUT2D eigenvalue weighted by Crippen LogP contribution is 2.26. The third-order valence-corrected chi connectivity index (χ3v) is 2.95. The molecule has 0 saturated carbocycles. The molecule has 0 heterocycles. The van der Waals surface area contributed by atoms with Crippen LogP contribution in [0.3, 0.4) is 0 Å². The van der Waals surface area contributed by atoms with Crippen molar-refractivity contribution in [2.75, 3.05) is 0 Å². The second kappa shape index (κ2) is 5.53. The molecule has 1 aromatic rings. The lowest BCUT2D eigenvalue weighted by Crippen LogP contribution is -2.23. The number of carbonyl (C=O) groups excluding carboxylic acids is 1. The standard InChI is InChI=1S/C15H22O3/c1-10(8-13(16)9-15(3,4)18)12-5-6-14(17)11(2)7-12/h5-7,10,17-18H,8-9H2,1-4H3/t10-/m0/s1. The maximum atomic E-state index is 11.8. The van der Waals surface area contributed by atoms with Crippen LogP contribution in [0.5, 0.6) is 5.75 Å². The molecule has 0 amide bonds. The molecule has 0 radical (unpaired) electrons. The smallest absolute Gasteiger partial charge is 0.136 e. The Bertz CT molecular complexity index is 430. The number of phenolic OH excluding ortho intramolecular Hbond substituents is 1. The monoisotopic (exact) mass is 250 g/mol. The van der Waals surface area contributed by atoms with Gasteiger partial charge in [-0.2, -0.15) is 0 Å². The molecule has 0 aliphatic rings. The lowest BCUT2D eigenvalue weighted by atomic mass is 9.90. The Balaban J connectivity index is 2.68. The maximum absolute atomic E-state index is 11.8. The predicted octanol–water partition coefficient (Wildman–Crippen LogP) is 2.92. The summed E-state index contributed by atoms with van der Waals surface area (Å²) in [6, 6.07) is 5.39. The van der Waals surface area contributed by atoms with Gasteiger partial charge in [0.15, 0.2) is 0 Å². The first-order valence-electron chi connectivity index (χ1n) is 6.22. The number of aryl methyl sites for hydroxylation is 1. The van der Waals surface area contributed by atoms with Crippen LogP contribution >= 0.6 is 0 Å². The summed E-state index contributed by atoms with van der Waals surface area (Å²) >= 11 is 0. The number of aliphatic hydroxyl groups is 1. The number of hydrogen-bond acceptors (Lipinski definition) is 3. The summed E-state index contributed by atoms with van der Waals surface area (Å²) in [4.78, 5) is 11.8. The zero-order chi connectivity index (χ0) is 13.9. The van der Waals surface area contributed by atoms with Gasteiger partial charge in [-0.3, -0.25) is 4.79 Å². The Kier molecular flexibility index (Phi) is 4.52. The van der Waals surface area contributed by atoms with Crippen LogP contribution in [-0.4, -0.2) is 21.6 Å². The summed E-state index contributed by atoms with van der Waals surface area (Å²) in [6.45, 7) is 7.10. The first-order valence-corrected chi connectivity index (χ1v) is 6.22. The third kappa shape index (κ3) is 4.49. The fourth-order valence-corrected chi connectivity index (χ4v) is 2.00. The minimum absolute atomic E-state index is 0.0562. The molecule has 0 fully saturated rings. The molecule has 0 aliphatic carbocycles. The fraction of sp³-hybridized carbons (Fsp3) is 0.533. The number of Topliss-reactive ketones (excluding diaryl/α,β-unsaturated/α-hetero) is 1. The number of ketones is 1. The number of benzene rings is 1. The van der Waals surface area contributed by atoms with E-state index in [9.17, 15) is 15.0 Å². The summed E-state index contributed by atoms with van der Waals surface area (Å²) in [5.74, 6) is 0.425. The summed E-state index contributed by atoms with van der Waals surface area (Å²) in [5, 5.41) is 19.1. The van der Waals surface area contributed by atoms with E-state index >= 15 is 0 Å². The molecule has 0 unspecified atom stereocenters. The van der Waals surface area contributed by atoms with Crippen LogP contribution in [0.4, 0.5) is 0 Å². The molecule has 0 bridgehead atoms. The Morgan fingerprint density at radius 1 is 1.39 bits per heavy atom. The highest BCUT2D eigenvalue weighted by Gasteiger charge is 2.20. The van der Waals surface area contributed by atoms with Crippen molar-refractivity contribution < 1.29 is 15.0 Å². The normalized spacial score (nSPS) is 13.4. The van der Waals surface area contributed by atoms with Crippen molar-refractivity contribution in [2.45, 2.75) is 52.1 Å². The van der Waals surface area contributed by atoms with Gasteiger partial charge in [-0.25, -0.2) is 0 Å². The molecule has 0 saturated heterocycles. The second-order valence-corrected chi connectivity index (χ2v) is 5.68. The van der Waals surface area contributed by atoms with Crippen molar-refractivity contribution in [2.24, 2.45) is 0 Å². The topological polar surface area (TPSA) is 57.5 Å². The van der Waals surface area contributed by atoms with E-state index in [-0.39, 0.29) is 23.9 Å². The molecule has 1 rings (SSSR count). The SMILES string of the molecule is Cc1cc([C@@H](C)CC(=O)CC(C)(C)O)ccc1O. The highest BCUT2D eigenvalue weighted by molar-refractivity contribution is 5.80. The van der Waals surface area contributed by atoms with Gasteiger partial charge in [-0.15, -0.1) is 0 Å². The fourth-order valence-electron chi connectivity index (χ4n) is 2.00. The largest absolute Gasteiger partial charge is 0.508 e. The Labute approximate surface area is 108 Å². The number of rotatable bonds is 5. The van der Waals surface area contributed by atoms with E-state index < -0.39 is 5.60 Å². The lowest BCUT2D eigenvalue weighted by Gasteiger charge is -2.18. The van der Waals surface area contributed by atoms with Gasteiger partial charge in [0.1, 0.15) is 11.5 Å². The van der Waals surface area contributed by atoms with Gasteiger partial charge in [0.25, 0.3) is 0 Å². The van der Waals surface area contributed by atoms with Crippen molar-refractivity contribution in [1.82, 2.24) is 0 Å². The van der Waals surface area contributed by atoms with Crippen LogP contribution in [0.1, 0.15) is 50.7 Å². The van der Waals surface area contributed by atoms with Crippen LogP contribution < -0.4 is 0 Å². The van der Waals surface area contributed by atoms with E-state index in [1.807, 2.05) is 26.0 Å². The molecule has 0 aromatic heterocycles. The minimum Gasteiger partial charge on any atom is -0.508 e. The summed E-state index contributed by atoms with van der Waals surface area (Å²) in [7, 11) is 0. The molecule has 3 heteroatoms. The summed E-state index contributed by atoms with van der Waals surface area (Å²) < 4.78 is 0. The van der Waals surface area contributed by atoms with E-state index in [1.165, 1.54) is 0 Å². The number of hydrogen-bond donors (Lipinski definition) is 2. The average Bonchev–Trinajstić information content (AvgIpc) is 2.18. The van der Waals surface area contributed by atoms with Gasteiger partial charge in [-0.05, 0) is 43.9 Å². The van der Waals surface area contributed by atoms with Gasteiger partial charge < -0.3 is 10.2 Å². The van der Waals surface area contributed by atoms with E-state index in [4.69, 9.17) is 0 Å². The van der Waals surface area contributed by atoms with Gasteiger partial charge in [-0.1, -0.05) is 19.1 Å². The van der Waals surface area contributed by atoms with Crippen molar-refractivity contribution >= 4 is 5.78 Å². The molecular weight excluding hydrogens is 228 g/mol. The summed E-state index contributed by atoms with van der Waals surface area (Å²) in [6.07, 6.45) is 0.586. The number of aromatic hydroxyl groups is 1. The Morgan fingerprint density at radius 2 is 2.00 bits per heavy atom. The van der Waals surface area contributed by atoms with Crippen molar-refractivity contribution in [1.29, 1.82) is 0 Å². The van der Waals surface area contributed by atoms with E-state index in [0.29, 0.717) is 6.42 Å². The first kappa shape index (κ1) is 14.7. The van der Waals surface area contributed by atoms with Gasteiger partial charge in [0.2, 0.25) is 0 Å². The van der Waals surface area contributed by atoms with Gasteiger partial charge in [0.05, 0.1) is 5.60 Å². The van der Waals surface area contributed by atoms with E-state index in [1.54, 1.807) is 19.9 Å². The van der Waals surface area contributed by atoms with Crippen LogP contribution in [0.15, 0.2) is 18.2 Å². The Morgan fingerprint density at radius 3 is 2.50 bits per heavy atom. The second-order valence-electron chi connectivity index (χ2n) is 5.68. The lowest BCUT2D eigenvalue weighted by molar-refractivity contribution is -0.123. The molecule has 1 aromatic carbocycles. The maximum Gasteiger partial charge on any atom is 0.136 e. The molecule has 2 N–H and O–H groups in total. The average molecular weight is 250 g/mol. The van der Waals surface area contributed by atoms with Crippen LogP contribution in [0.2, 0.25) is 0 Å². The first-order chi connectivity index (χ1) is 8.19. The third-order valence-electron chi connectivity index (χ3n) is 2.95. The predicted molar refractivity (Wildman–Crippen MR) is 71.8 cm³/mol. The summed E-state index contributed by atoms with van der Waals surface area (Å²) in [5.41, 5.74) is 0.908. The van der Waals surface area contributed by atoms with Crippen LogP contribution in [0, 0.1) is 6.92 Å². The minimum atomic E-state index is -0.943. The molecule has 0 spiro atoms. The highest BCUT2D eigenvalue weighted by atomic mass is 16.3. The number of carbonyl (C=O) groups is 1. The van der Waals surface area contributed by atoms with Crippen LogP contribution in [-0.2, 0) is 4.79 Å². The molecular formula is C15H22O3. The zero-order valence-electron chi connectivity index (χ0n) is 11.5. The van der Waals surface area contributed by atoms with E-state index in [0.717, 1.165) is 11.1 Å². The van der Waals surface area contributed by atoms with Crippen molar-refractivity contribution in [3.63, 3.8) is 0 Å². The van der Waals surface area contributed by atoms with Gasteiger partial charge in [0, 0.05) is 12.8 Å². The Hall–Kier alpha value is -1.35. The molecule has 18 heavy (non-hydrogen) atoms. The number of phenols is 1. The van der Waals surface area contributed by atoms with Gasteiger partial charge >= 0.3 is 0 Å². The quantitative estimate of drug-likeness (QED) is 0.844. The zero-order valence-corrected chi connectivity index (χ0v) is 11.5. The van der Waals surface area contributed by atoms with Crippen molar-refractivity contribution in [3.8, 4) is 5.75 Å². The molecule has 3 nitrogen and oxygen atoms in total. The van der Waals surface area contributed by atoms with Crippen molar-refractivity contribution in [3.05, 3.63) is 29.3 Å².